The highest BCUT2D eigenvalue weighted by Gasteiger charge is 2.09. The van der Waals surface area contributed by atoms with E-state index in [0.717, 1.165) is 22.7 Å². The molecule has 3 rings (SSSR count). The van der Waals surface area contributed by atoms with Gasteiger partial charge in [0.25, 0.3) is 5.91 Å². The van der Waals surface area contributed by atoms with E-state index in [0.29, 0.717) is 18.8 Å². The highest BCUT2D eigenvalue weighted by molar-refractivity contribution is 5.93. The Hall–Kier alpha value is -3.34. The van der Waals surface area contributed by atoms with Gasteiger partial charge in [-0.2, -0.15) is 0 Å². The quantitative estimate of drug-likeness (QED) is 0.652. The fourth-order valence-corrected chi connectivity index (χ4v) is 2.73. The number of aryl methyl sites for hydroxylation is 1. The van der Waals surface area contributed by atoms with Crippen molar-refractivity contribution in [1.29, 1.82) is 0 Å². The van der Waals surface area contributed by atoms with E-state index in [-0.39, 0.29) is 5.91 Å². The minimum atomic E-state index is -0.210. The summed E-state index contributed by atoms with van der Waals surface area (Å²) in [6, 6.07) is 19.3. The molecular weight excluding hydrogens is 338 g/mol. The molecule has 3 aromatic rings. The van der Waals surface area contributed by atoms with E-state index in [1.54, 1.807) is 12.3 Å². The molecule has 2 N–H and O–H groups in total. The lowest BCUT2D eigenvalue weighted by molar-refractivity contribution is 0.0946. The number of hydrogen-bond donors (Lipinski definition) is 2. The zero-order valence-electron chi connectivity index (χ0n) is 15.5. The number of nitrogens with one attached hydrogen (secondary N) is 2. The van der Waals surface area contributed by atoms with E-state index in [1.807, 2.05) is 62.4 Å². The second kappa shape index (κ2) is 8.85. The molecule has 138 valence electrons. The Bertz CT molecular complexity index is 925. The third kappa shape index (κ3) is 5.07. The Morgan fingerprint density at radius 1 is 1.07 bits per heavy atom. The zero-order chi connectivity index (χ0) is 19.1. The van der Waals surface area contributed by atoms with E-state index in [9.17, 15) is 4.79 Å². The Morgan fingerprint density at radius 2 is 1.93 bits per heavy atom. The number of ether oxygens (including phenoxy) is 1. The summed E-state index contributed by atoms with van der Waals surface area (Å²) in [5.41, 5.74) is 4.21. The van der Waals surface area contributed by atoms with Crippen molar-refractivity contribution in [2.45, 2.75) is 20.4 Å². The predicted octanol–water partition coefficient (Wildman–Crippen LogP) is 4.46. The number of pyridine rings is 1. The molecular formula is C22H23N3O2. The van der Waals surface area contributed by atoms with Gasteiger partial charge >= 0.3 is 0 Å². The first-order valence-electron chi connectivity index (χ1n) is 8.94. The van der Waals surface area contributed by atoms with E-state index < -0.39 is 0 Å². The zero-order valence-corrected chi connectivity index (χ0v) is 15.5. The largest absolute Gasteiger partial charge is 0.492 e. The summed E-state index contributed by atoms with van der Waals surface area (Å²) < 4.78 is 5.63. The number of nitrogens with zero attached hydrogens (tertiary/aromatic N) is 1. The third-order valence-corrected chi connectivity index (χ3v) is 3.99. The fraction of sp³-hybridized carbons (Fsp3) is 0.182. The Labute approximate surface area is 159 Å². The molecule has 1 aromatic heterocycles. The summed E-state index contributed by atoms with van der Waals surface area (Å²) in [5, 5.41) is 6.20. The van der Waals surface area contributed by atoms with E-state index >= 15 is 0 Å². The van der Waals surface area contributed by atoms with Crippen LogP contribution in [0.25, 0.3) is 0 Å². The molecule has 0 bridgehead atoms. The summed E-state index contributed by atoms with van der Waals surface area (Å²) in [7, 11) is 0. The monoisotopic (exact) mass is 361 g/mol. The standard InChI is InChI=1S/C22H23N3O2/c1-3-27-21-10-5-4-9-19(21)25-18-11-12-23-20(14-18)22(26)24-15-17-8-6-7-16(2)13-17/h4-14H,3,15H2,1-2H3,(H,23,25)(H,24,26). The van der Waals surface area contributed by atoms with Crippen molar-refractivity contribution >= 4 is 17.3 Å². The topological polar surface area (TPSA) is 63.2 Å². The average molecular weight is 361 g/mol. The van der Waals surface area contributed by atoms with Crippen LogP contribution < -0.4 is 15.4 Å². The Balaban J connectivity index is 1.69. The second-order valence-electron chi connectivity index (χ2n) is 6.16. The van der Waals surface area contributed by atoms with Crippen molar-refractivity contribution in [3.8, 4) is 5.75 Å². The van der Waals surface area contributed by atoms with Crippen molar-refractivity contribution in [3.05, 3.63) is 83.7 Å². The van der Waals surface area contributed by atoms with Crippen molar-refractivity contribution in [2.75, 3.05) is 11.9 Å². The van der Waals surface area contributed by atoms with E-state index in [2.05, 4.69) is 21.7 Å². The van der Waals surface area contributed by atoms with Crippen LogP contribution in [0.2, 0.25) is 0 Å². The SMILES string of the molecule is CCOc1ccccc1Nc1ccnc(C(=O)NCc2cccc(C)c2)c1. The number of carbonyl (C=O) groups excluding carboxylic acids is 1. The van der Waals surface area contributed by atoms with Crippen LogP contribution in [-0.4, -0.2) is 17.5 Å². The summed E-state index contributed by atoms with van der Waals surface area (Å²) in [5.74, 6) is 0.556. The third-order valence-electron chi connectivity index (χ3n) is 3.99. The van der Waals surface area contributed by atoms with Crippen LogP contribution in [-0.2, 0) is 6.54 Å². The van der Waals surface area contributed by atoms with Crippen LogP contribution in [0.15, 0.2) is 66.9 Å². The minimum absolute atomic E-state index is 0.210. The van der Waals surface area contributed by atoms with Gasteiger partial charge in [-0.15, -0.1) is 0 Å². The predicted molar refractivity (Wildman–Crippen MR) is 107 cm³/mol. The molecule has 1 amide bonds. The Morgan fingerprint density at radius 3 is 2.74 bits per heavy atom. The molecule has 2 aromatic carbocycles. The molecule has 0 unspecified atom stereocenters. The Kier molecular flexibility index (Phi) is 6.05. The van der Waals surface area contributed by atoms with Crippen molar-refractivity contribution < 1.29 is 9.53 Å². The van der Waals surface area contributed by atoms with Gasteiger partial charge in [-0.05, 0) is 43.7 Å². The van der Waals surface area contributed by atoms with Gasteiger partial charge in [0.05, 0.1) is 12.3 Å². The normalized spacial score (nSPS) is 10.3. The molecule has 0 aliphatic carbocycles. The molecule has 27 heavy (non-hydrogen) atoms. The number of hydrogen-bond acceptors (Lipinski definition) is 4. The summed E-state index contributed by atoms with van der Waals surface area (Å²) in [6.45, 7) is 5.02. The van der Waals surface area contributed by atoms with Gasteiger partial charge in [0.15, 0.2) is 0 Å². The van der Waals surface area contributed by atoms with Gasteiger partial charge in [0.2, 0.25) is 0 Å². The number of amides is 1. The molecule has 0 radical (unpaired) electrons. The first kappa shape index (κ1) is 18.5. The minimum Gasteiger partial charge on any atom is -0.492 e. The van der Waals surface area contributed by atoms with Gasteiger partial charge in [-0.3, -0.25) is 9.78 Å². The first-order valence-corrected chi connectivity index (χ1v) is 8.94. The number of anilines is 2. The maximum Gasteiger partial charge on any atom is 0.270 e. The lowest BCUT2D eigenvalue weighted by Crippen LogP contribution is -2.23. The summed E-state index contributed by atoms with van der Waals surface area (Å²) in [6.07, 6.45) is 1.62. The van der Waals surface area contributed by atoms with Crippen LogP contribution in [0.1, 0.15) is 28.5 Å². The van der Waals surface area contributed by atoms with Crippen molar-refractivity contribution in [2.24, 2.45) is 0 Å². The van der Waals surface area contributed by atoms with Crippen molar-refractivity contribution in [1.82, 2.24) is 10.3 Å². The molecule has 5 heteroatoms. The molecule has 0 fully saturated rings. The lowest BCUT2D eigenvalue weighted by Gasteiger charge is -2.13. The summed E-state index contributed by atoms with van der Waals surface area (Å²) >= 11 is 0. The average Bonchev–Trinajstić information content (AvgIpc) is 2.68. The number of para-hydroxylation sites is 2. The number of aromatic nitrogens is 1. The van der Waals surface area contributed by atoms with E-state index in [1.165, 1.54) is 5.56 Å². The molecule has 0 saturated carbocycles. The smallest absolute Gasteiger partial charge is 0.270 e. The molecule has 0 aliphatic heterocycles. The van der Waals surface area contributed by atoms with Gasteiger partial charge in [-0.1, -0.05) is 42.0 Å². The number of rotatable bonds is 7. The van der Waals surface area contributed by atoms with Crippen LogP contribution in [0.3, 0.4) is 0 Å². The number of benzene rings is 2. The summed E-state index contributed by atoms with van der Waals surface area (Å²) in [4.78, 5) is 16.6. The van der Waals surface area contributed by atoms with Gasteiger partial charge in [0.1, 0.15) is 11.4 Å². The maximum atomic E-state index is 12.5. The van der Waals surface area contributed by atoms with Crippen LogP contribution >= 0.6 is 0 Å². The van der Waals surface area contributed by atoms with E-state index in [4.69, 9.17) is 4.74 Å². The van der Waals surface area contributed by atoms with Crippen LogP contribution in [0, 0.1) is 6.92 Å². The van der Waals surface area contributed by atoms with Gasteiger partial charge in [0, 0.05) is 18.4 Å². The molecule has 0 saturated heterocycles. The fourth-order valence-electron chi connectivity index (χ4n) is 2.73. The van der Waals surface area contributed by atoms with Crippen LogP contribution in [0.4, 0.5) is 11.4 Å². The molecule has 0 spiro atoms. The highest BCUT2D eigenvalue weighted by atomic mass is 16.5. The molecule has 0 aliphatic rings. The molecule has 0 atom stereocenters. The second-order valence-corrected chi connectivity index (χ2v) is 6.16. The van der Waals surface area contributed by atoms with Gasteiger partial charge < -0.3 is 15.4 Å². The molecule has 5 nitrogen and oxygen atoms in total. The maximum absolute atomic E-state index is 12.5. The molecule has 1 heterocycles. The van der Waals surface area contributed by atoms with Gasteiger partial charge in [-0.25, -0.2) is 0 Å². The highest BCUT2D eigenvalue weighted by Crippen LogP contribution is 2.27. The first-order chi connectivity index (χ1) is 13.2. The van der Waals surface area contributed by atoms with Crippen molar-refractivity contribution in [3.63, 3.8) is 0 Å². The number of carbonyl (C=O) groups is 1. The lowest BCUT2D eigenvalue weighted by atomic mass is 10.1. The van der Waals surface area contributed by atoms with Crippen LogP contribution in [0.5, 0.6) is 5.75 Å².